The van der Waals surface area contributed by atoms with E-state index in [-0.39, 0.29) is 23.5 Å². The van der Waals surface area contributed by atoms with Gasteiger partial charge in [-0.25, -0.2) is 18.4 Å². The fourth-order valence-electron chi connectivity index (χ4n) is 1.19. The Labute approximate surface area is 98.5 Å². The molecule has 0 aromatic heterocycles. The highest BCUT2D eigenvalue weighted by atomic mass is 32.2. The fraction of sp³-hybridized carbons (Fsp3) is 0.222. The van der Waals surface area contributed by atoms with Crippen LogP contribution >= 0.6 is 0 Å². The number of hydrogen-bond acceptors (Lipinski definition) is 5. The molecule has 0 aliphatic heterocycles. The van der Waals surface area contributed by atoms with Gasteiger partial charge in [0.1, 0.15) is 0 Å². The number of rotatable bonds is 5. The van der Waals surface area contributed by atoms with Crippen molar-refractivity contribution in [2.75, 3.05) is 23.3 Å². The van der Waals surface area contributed by atoms with Crippen LogP contribution in [-0.2, 0) is 10.0 Å². The summed E-state index contributed by atoms with van der Waals surface area (Å²) >= 11 is 0. The van der Waals surface area contributed by atoms with Gasteiger partial charge >= 0.3 is 5.97 Å². The zero-order valence-electron chi connectivity index (χ0n) is 8.88. The largest absolute Gasteiger partial charge is 0.478 e. The Kier molecular flexibility index (Phi) is 3.92. The molecular formula is C9H13N3O4S. The average molecular weight is 259 g/mol. The van der Waals surface area contributed by atoms with Crippen molar-refractivity contribution in [3.05, 3.63) is 23.8 Å². The van der Waals surface area contributed by atoms with Crippen molar-refractivity contribution in [1.82, 2.24) is 0 Å². The van der Waals surface area contributed by atoms with Gasteiger partial charge in [0.25, 0.3) is 0 Å². The minimum atomic E-state index is -3.53. The van der Waals surface area contributed by atoms with Crippen molar-refractivity contribution in [1.29, 1.82) is 0 Å². The molecule has 94 valence electrons. The van der Waals surface area contributed by atoms with Gasteiger partial charge in [0.15, 0.2) is 0 Å². The average Bonchev–Trinajstić information content (AvgIpc) is 2.18. The second-order valence-electron chi connectivity index (χ2n) is 3.40. The monoisotopic (exact) mass is 259 g/mol. The summed E-state index contributed by atoms with van der Waals surface area (Å²) in [6.45, 7) is 0.0990. The van der Waals surface area contributed by atoms with E-state index in [1.807, 2.05) is 0 Å². The lowest BCUT2D eigenvalue weighted by Gasteiger charge is -2.07. The molecular weight excluding hydrogens is 246 g/mol. The summed E-state index contributed by atoms with van der Waals surface area (Å²) in [4.78, 5) is 10.8. The van der Waals surface area contributed by atoms with Crippen LogP contribution in [0.15, 0.2) is 18.2 Å². The minimum Gasteiger partial charge on any atom is -0.478 e. The third-order valence-electron chi connectivity index (χ3n) is 2.00. The summed E-state index contributed by atoms with van der Waals surface area (Å²) in [5.41, 5.74) is 6.05. The topological polar surface area (TPSA) is 136 Å². The smallest absolute Gasteiger partial charge is 0.337 e. The fourth-order valence-corrected chi connectivity index (χ4v) is 1.58. The second kappa shape index (κ2) is 5.02. The van der Waals surface area contributed by atoms with E-state index in [0.29, 0.717) is 5.69 Å². The molecule has 0 heterocycles. The van der Waals surface area contributed by atoms with Crippen molar-refractivity contribution in [3.63, 3.8) is 0 Å². The molecule has 0 saturated carbocycles. The van der Waals surface area contributed by atoms with Crippen LogP contribution in [0.25, 0.3) is 0 Å². The van der Waals surface area contributed by atoms with Gasteiger partial charge in [0.05, 0.1) is 11.3 Å². The van der Waals surface area contributed by atoms with Crippen LogP contribution < -0.4 is 16.2 Å². The molecule has 0 aliphatic carbocycles. The number of benzene rings is 1. The van der Waals surface area contributed by atoms with Crippen LogP contribution in [0.4, 0.5) is 11.4 Å². The zero-order valence-corrected chi connectivity index (χ0v) is 9.70. The maximum Gasteiger partial charge on any atom is 0.337 e. The predicted octanol–water partition coefficient (Wildman–Crippen LogP) is -0.333. The Morgan fingerprint density at radius 2 is 2.06 bits per heavy atom. The van der Waals surface area contributed by atoms with Crippen molar-refractivity contribution >= 4 is 27.4 Å². The number of nitrogens with one attached hydrogen (secondary N) is 1. The second-order valence-corrected chi connectivity index (χ2v) is 5.13. The molecule has 7 nitrogen and oxygen atoms in total. The highest BCUT2D eigenvalue weighted by molar-refractivity contribution is 7.89. The van der Waals surface area contributed by atoms with E-state index >= 15 is 0 Å². The number of anilines is 2. The summed E-state index contributed by atoms with van der Waals surface area (Å²) < 4.78 is 21.3. The van der Waals surface area contributed by atoms with Gasteiger partial charge in [-0.05, 0) is 18.2 Å². The summed E-state index contributed by atoms with van der Waals surface area (Å²) in [6, 6.07) is 4.33. The van der Waals surface area contributed by atoms with Crippen molar-refractivity contribution in [2.45, 2.75) is 0 Å². The van der Waals surface area contributed by atoms with E-state index in [9.17, 15) is 13.2 Å². The lowest BCUT2D eigenvalue weighted by molar-refractivity contribution is 0.0698. The lowest BCUT2D eigenvalue weighted by atomic mass is 10.1. The van der Waals surface area contributed by atoms with E-state index in [1.165, 1.54) is 12.1 Å². The SMILES string of the molecule is Nc1ccc(NCCS(N)(=O)=O)cc1C(=O)O. The number of carboxylic acids is 1. The highest BCUT2D eigenvalue weighted by Crippen LogP contribution is 2.17. The lowest BCUT2D eigenvalue weighted by Crippen LogP contribution is -2.22. The third kappa shape index (κ3) is 4.29. The summed E-state index contributed by atoms with van der Waals surface area (Å²) in [6.07, 6.45) is 0. The molecule has 6 N–H and O–H groups in total. The molecule has 1 aromatic carbocycles. The molecule has 0 aliphatic rings. The van der Waals surface area contributed by atoms with Crippen molar-refractivity contribution < 1.29 is 18.3 Å². The Morgan fingerprint density at radius 1 is 1.41 bits per heavy atom. The van der Waals surface area contributed by atoms with Crippen LogP contribution in [0.5, 0.6) is 0 Å². The first-order valence-electron chi connectivity index (χ1n) is 4.67. The Hall–Kier alpha value is -1.80. The first kappa shape index (κ1) is 13.3. The van der Waals surface area contributed by atoms with Crippen LogP contribution in [0, 0.1) is 0 Å². The molecule has 1 aromatic rings. The number of nitrogen functional groups attached to an aromatic ring is 1. The molecule has 0 fully saturated rings. The van der Waals surface area contributed by atoms with Crippen molar-refractivity contribution in [2.24, 2.45) is 5.14 Å². The van der Waals surface area contributed by atoms with E-state index < -0.39 is 16.0 Å². The number of hydrogen-bond donors (Lipinski definition) is 4. The van der Waals surface area contributed by atoms with Gasteiger partial charge in [0, 0.05) is 17.9 Å². The molecule has 0 radical (unpaired) electrons. The Bertz CT molecular complexity index is 527. The molecule has 0 unspecified atom stereocenters. The first-order valence-corrected chi connectivity index (χ1v) is 6.38. The number of aromatic carboxylic acids is 1. The summed E-state index contributed by atoms with van der Waals surface area (Å²) in [5.74, 6) is -1.38. The quantitative estimate of drug-likeness (QED) is 0.534. The van der Waals surface area contributed by atoms with E-state index in [2.05, 4.69) is 5.32 Å². The first-order chi connectivity index (χ1) is 7.79. The van der Waals surface area contributed by atoms with Gasteiger partial charge in [-0.1, -0.05) is 0 Å². The highest BCUT2D eigenvalue weighted by Gasteiger charge is 2.08. The molecule has 17 heavy (non-hydrogen) atoms. The standard InChI is InChI=1S/C9H13N3O4S/c10-8-2-1-6(5-7(8)9(13)14)12-3-4-17(11,15)16/h1-2,5,12H,3-4,10H2,(H,13,14)(H2,11,15,16). The van der Waals surface area contributed by atoms with Gasteiger partial charge in [-0.2, -0.15) is 0 Å². The number of carboxylic acid groups (broad SMARTS) is 1. The minimum absolute atomic E-state index is 0.0365. The van der Waals surface area contributed by atoms with Crippen LogP contribution in [0.2, 0.25) is 0 Å². The summed E-state index contributed by atoms with van der Waals surface area (Å²) in [7, 11) is -3.53. The molecule has 0 saturated heterocycles. The van der Waals surface area contributed by atoms with Crippen LogP contribution in [0.1, 0.15) is 10.4 Å². The predicted molar refractivity (Wildman–Crippen MR) is 64.3 cm³/mol. The van der Waals surface area contributed by atoms with Gasteiger partial charge in [0.2, 0.25) is 10.0 Å². The Balaban J connectivity index is 2.73. The molecule has 1 rings (SSSR count). The summed E-state index contributed by atoms with van der Waals surface area (Å²) in [5, 5.41) is 16.4. The van der Waals surface area contributed by atoms with E-state index in [0.717, 1.165) is 0 Å². The zero-order chi connectivity index (χ0) is 13.1. The van der Waals surface area contributed by atoms with Crippen LogP contribution in [0.3, 0.4) is 0 Å². The molecule has 0 amide bonds. The van der Waals surface area contributed by atoms with Gasteiger partial charge in [-0.15, -0.1) is 0 Å². The Morgan fingerprint density at radius 3 is 2.59 bits per heavy atom. The molecule has 0 bridgehead atoms. The number of primary sulfonamides is 1. The van der Waals surface area contributed by atoms with Crippen LogP contribution in [-0.4, -0.2) is 31.8 Å². The van der Waals surface area contributed by atoms with E-state index in [1.54, 1.807) is 6.07 Å². The molecule has 8 heteroatoms. The molecule has 0 atom stereocenters. The van der Waals surface area contributed by atoms with Gasteiger partial charge < -0.3 is 16.2 Å². The molecule has 0 spiro atoms. The third-order valence-corrected chi connectivity index (χ3v) is 2.77. The normalized spacial score (nSPS) is 11.1. The number of carbonyl (C=O) groups is 1. The van der Waals surface area contributed by atoms with E-state index in [4.69, 9.17) is 16.0 Å². The maximum absolute atomic E-state index is 10.8. The maximum atomic E-state index is 10.8. The van der Waals surface area contributed by atoms with Gasteiger partial charge in [-0.3, -0.25) is 0 Å². The number of sulfonamides is 1. The van der Waals surface area contributed by atoms with Crippen molar-refractivity contribution in [3.8, 4) is 0 Å². The number of nitrogens with two attached hydrogens (primary N) is 2.